The van der Waals surface area contributed by atoms with E-state index >= 15 is 0 Å². The third-order valence-electron chi connectivity index (χ3n) is 4.00. The van der Waals surface area contributed by atoms with Gasteiger partial charge in [-0.3, -0.25) is 4.79 Å². The van der Waals surface area contributed by atoms with Crippen LogP contribution in [0.3, 0.4) is 0 Å². The molecular weight excluding hydrogens is 252 g/mol. The van der Waals surface area contributed by atoms with Gasteiger partial charge in [0.1, 0.15) is 11.4 Å². The Morgan fingerprint density at radius 1 is 1.40 bits per heavy atom. The van der Waals surface area contributed by atoms with E-state index in [4.69, 9.17) is 4.74 Å². The summed E-state index contributed by atoms with van der Waals surface area (Å²) in [6.45, 7) is 3.93. The summed E-state index contributed by atoms with van der Waals surface area (Å²) in [6, 6.07) is 7.73. The number of piperidine rings is 1. The number of amides is 1. The van der Waals surface area contributed by atoms with Crippen LogP contribution in [0.15, 0.2) is 24.3 Å². The number of carbonyl (C=O) groups excluding carboxylic acids is 1. The van der Waals surface area contributed by atoms with Crippen molar-refractivity contribution in [1.29, 1.82) is 0 Å². The van der Waals surface area contributed by atoms with Crippen LogP contribution in [0.1, 0.15) is 30.3 Å². The van der Waals surface area contributed by atoms with E-state index in [-0.39, 0.29) is 5.91 Å². The van der Waals surface area contributed by atoms with Crippen molar-refractivity contribution >= 4 is 16.8 Å². The molecule has 0 aliphatic carbocycles. The van der Waals surface area contributed by atoms with Crippen molar-refractivity contribution in [3.63, 3.8) is 0 Å². The Labute approximate surface area is 118 Å². The van der Waals surface area contributed by atoms with Crippen LogP contribution in [0.25, 0.3) is 10.9 Å². The minimum atomic E-state index is 0.103. The van der Waals surface area contributed by atoms with E-state index in [1.54, 1.807) is 7.11 Å². The van der Waals surface area contributed by atoms with Gasteiger partial charge in [0.2, 0.25) is 0 Å². The van der Waals surface area contributed by atoms with Gasteiger partial charge in [0, 0.05) is 30.1 Å². The van der Waals surface area contributed by atoms with Crippen LogP contribution in [0, 0.1) is 5.92 Å². The van der Waals surface area contributed by atoms with Gasteiger partial charge in [0.15, 0.2) is 0 Å². The van der Waals surface area contributed by atoms with Crippen molar-refractivity contribution in [1.82, 2.24) is 9.88 Å². The maximum Gasteiger partial charge on any atom is 0.270 e. The second-order valence-corrected chi connectivity index (χ2v) is 5.63. The second kappa shape index (κ2) is 5.19. The lowest BCUT2D eigenvalue weighted by Gasteiger charge is -2.30. The minimum Gasteiger partial charge on any atom is -0.497 e. The Bertz CT molecular complexity index is 632. The molecule has 20 heavy (non-hydrogen) atoms. The maximum absolute atomic E-state index is 12.5. The number of benzene rings is 1. The van der Waals surface area contributed by atoms with Gasteiger partial charge in [-0.1, -0.05) is 6.92 Å². The summed E-state index contributed by atoms with van der Waals surface area (Å²) in [7, 11) is 1.64. The summed E-state index contributed by atoms with van der Waals surface area (Å²) in [5.74, 6) is 1.49. The average Bonchev–Trinajstić information content (AvgIpc) is 2.89. The van der Waals surface area contributed by atoms with Gasteiger partial charge in [-0.15, -0.1) is 0 Å². The number of rotatable bonds is 2. The van der Waals surface area contributed by atoms with Crippen LogP contribution in [0.4, 0.5) is 0 Å². The number of methoxy groups -OCH3 is 1. The Kier molecular flexibility index (Phi) is 3.38. The number of nitrogens with zero attached hydrogens (tertiary/aromatic N) is 1. The summed E-state index contributed by atoms with van der Waals surface area (Å²) in [5.41, 5.74) is 1.61. The largest absolute Gasteiger partial charge is 0.497 e. The quantitative estimate of drug-likeness (QED) is 0.913. The lowest BCUT2D eigenvalue weighted by molar-refractivity contribution is 0.0678. The summed E-state index contributed by atoms with van der Waals surface area (Å²) in [4.78, 5) is 17.7. The Morgan fingerprint density at radius 2 is 2.25 bits per heavy atom. The first-order valence-electron chi connectivity index (χ1n) is 7.13. The molecule has 0 radical (unpaired) electrons. The van der Waals surface area contributed by atoms with Gasteiger partial charge in [-0.05, 0) is 37.0 Å². The van der Waals surface area contributed by atoms with Crippen LogP contribution in [-0.2, 0) is 0 Å². The zero-order valence-electron chi connectivity index (χ0n) is 12.0. The molecule has 1 atom stereocenters. The minimum absolute atomic E-state index is 0.103. The van der Waals surface area contributed by atoms with Crippen molar-refractivity contribution in [3.05, 3.63) is 30.0 Å². The molecule has 4 nitrogen and oxygen atoms in total. The number of hydrogen-bond acceptors (Lipinski definition) is 2. The number of likely N-dealkylation sites (tertiary alicyclic amines) is 1. The number of fused-ring (bicyclic) bond motifs is 1. The van der Waals surface area contributed by atoms with E-state index in [1.165, 1.54) is 6.42 Å². The number of ether oxygens (including phenoxy) is 1. The smallest absolute Gasteiger partial charge is 0.270 e. The molecule has 1 saturated heterocycles. The van der Waals surface area contributed by atoms with E-state index in [1.807, 2.05) is 29.2 Å². The molecule has 0 saturated carbocycles. The average molecular weight is 272 g/mol. The molecule has 1 N–H and O–H groups in total. The first-order valence-corrected chi connectivity index (χ1v) is 7.13. The predicted molar refractivity (Wildman–Crippen MR) is 79.2 cm³/mol. The van der Waals surface area contributed by atoms with Crippen LogP contribution in [0.2, 0.25) is 0 Å². The van der Waals surface area contributed by atoms with Gasteiger partial charge in [0.25, 0.3) is 5.91 Å². The van der Waals surface area contributed by atoms with E-state index < -0.39 is 0 Å². The van der Waals surface area contributed by atoms with Gasteiger partial charge in [-0.25, -0.2) is 0 Å². The van der Waals surface area contributed by atoms with E-state index in [9.17, 15) is 4.79 Å². The number of aromatic amines is 1. The van der Waals surface area contributed by atoms with E-state index in [0.29, 0.717) is 11.6 Å². The van der Waals surface area contributed by atoms with E-state index in [0.717, 1.165) is 36.2 Å². The van der Waals surface area contributed by atoms with Crippen molar-refractivity contribution in [2.45, 2.75) is 19.8 Å². The van der Waals surface area contributed by atoms with Crippen molar-refractivity contribution in [2.75, 3.05) is 20.2 Å². The molecule has 106 valence electrons. The molecule has 1 unspecified atom stereocenters. The molecule has 1 fully saturated rings. The lowest BCUT2D eigenvalue weighted by atomic mass is 10.00. The number of H-pyrrole nitrogens is 1. The molecule has 1 aliphatic rings. The molecule has 1 aromatic heterocycles. The first-order chi connectivity index (χ1) is 9.67. The molecule has 1 aliphatic heterocycles. The van der Waals surface area contributed by atoms with Crippen LogP contribution in [-0.4, -0.2) is 36.0 Å². The maximum atomic E-state index is 12.5. The second-order valence-electron chi connectivity index (χ2n) is 5.63. The fourth-order valence-electron chi connectivity index (χ4n) is 2.89. The molecule has 4 heteroatoms. The summed E-state index contributed by atoms with van der Waals surface area (Å²) >= 11 is 0. The lowest BCUT2D eigenvalue weighted by Crippen LogP contribution is -2.39. The molecule has 2 aromatic rings. The van der Waals surface area contributed by atoms with Gasteiger partial charge in [-0.2, -0.15) is 0 Å². The molecule has 0 spiro atoms. The van der Waals surface area contributed by atoms with Gasteiger partial charge < -0.3 is 14.6 Å². The third-order valence-corrected chi connectivity index (χ3v) is 4.00. The number of aromatic nitrogens is 1. The topological polar surface area (TPSA) is 45.3 Å². The predicted octanol–water partition coefficient (Wildman–Crippen LogP) is 3.05. The molecule has 2 heterocycles. The van der Waals surface area contributed by atoms with Gasteiger partial charge in [0.05, 0.1) is 7.11 Å². The standard InChI is InChI=1S/C16H20N2O2/c1-11-4-3-7-18(10-11)16(19)15-8-12-5-6-13(20-2)9-14(12)17-15/h5-6,8-9,11,17H,3-4,7,10H2,1-2H3. The zero-order valence-corrected chi connectivity index (χ0v) is 12.0. The summed E-state index contributed by atoms with van der Waals surface area (Å²) in [5, 5.41) is 1.04. The Hall–Kier alpha value is -1.97. The highest BCUT2D eigenvalue weighted by molar-refractivity contribution is 5.98. The Balaban J connectivity index is 1.87. The number of carbonyl (C=O) groups is 1. The van der Waals surface area contributed by atoms with Crippen molar-refractivity contribution in [2.24, 2.45) is 5.92 Å². The van der Waals surface area contributed by atoms with Gasteiger partial charge >= 0.3 is 0 Å². The highest BCUT2D eigenvalue weighted by Crippen LogP contribution is 2.23. The zero-order chi connectivity index (χ0) is 14.1. The molecule has 1 aromatic carbocycles. The number of nitrogens with one attached hydrogen (secondary N) is 1. The van der Waals surface area contributed by atoms with E-state index in [2.05, 4.69) is 11.9 Å². The molecular formula is C16H20N2O2. The summed E-state index contributed by atoms with van der Waals surface area (Å²) < 4.78 is 5.21. The van der Waals surface area contributed by atoms with Crippen LogP contribution >= 0.6 is 0 Å². The third kappa shape index (κ3) is 2.38. The number of hydrogen-bond donors (Lipinski definition) is 1. The highest BCUT2D eigenvalue weighted by Gasteiger charge is 2.23. The Morgan fingerprint density at radius 3 is 3.00 bits per heavy atom. The molecule has 0 bridgehead atoms. The van der Waals surface area contributed by atoms with Crippen LogP contribution in [0.5, 0.6) is 5.75 Å². The molecule has 1 amide bonds. The fourth-order valence-corrected chi connectivity index (χ4v) is 2.89. The van der Waals surface area contributed by atoms with Crippen molar-refractivity contribution in [3.8, 4) is 5.75 Å². The highest BCUT2D eigenvalue weighted by atomic mass is 16.5. The SMILES string of the molecule is COc1ccc2cc(C(=O)N3CCCC(C)C3)[nH]c2c1. The normalized spacial score (nSPS) is 19.3. The fraction of sp³-hybridized carbons (Fsp3) is 0.438. The monoisotopic (exact) mass is 272 g/mol. The van der Waals surface area contributed by atoms with Crippen LogP contribution < -0.4 is 4.74 Å². The molecule has 3 rings (SSSR count). The van der Waals surface area contributed by atoms with Crippen molar-refractivity contribution < 1.29 is 9.53 Å². The first kappa shape index (κ1) is 13.0. The summed E-state index contributed by atoms with van der Waals surface area (Å²) in [6.07, 6.45) is 2.31.